The van der Waals surface area contributed by atoms with Gasteiger partial charge in [0.1, 0.15) is 24.5 Å². The Labute approximate surface area is 163 Å². The lowest BCUT2D eigenvalue weighted by molar-refractivity contribution is -0.146. The van der Waals surface area contributed by atoms with Gasteiger partial charge in [-0.15, -0.1) is 6.42 Å². The topological polar surface area (TPSA) is 103 Å². The van der Waals surface area contributed by atoms with Crippen molar-refractivity contribution >= 4 is 25.3 Å². The molecule has 1 aromatic carbocycles. The monoisotopic (exact) mass is 419 g/mol. The summed E-state index contributed by atoms with van der Waals surface area (Å²) in [5, 5.41) is 12.5. The van der Waals surface area contributed by atoms with Crippen LogP contribution in [0.2, 0.25) is 5.02 Å². The molecular weight excluding hydrogens is 397 g/mol. The van der Waals surface area contributed by atoms with Gasteiger partial charge in [0.25, 0.3) is 0 Å². The molecule has 0 fully saturated rings. The van der Waals surface area contributed by atoms with Crippen LogP contribution < -0.4 is 9.61 Å². The number of terminal acetylenes is 1. The highest BCUT2D eigenvalue weighted by Gasteiger charge is 2.31. The van der Waals surface area contributed by atoms with Crippen LogP contribution in [0.4, 0.5) is 0 Å². The SMILES string of the molecule is C#C[C@H](O)[C@@H](COP(=O)(NCC(=O)OC(C)C)Oc1ccc(Cl)cc1)OC. The first kappa shape index (κ1) is 23.4. The summed E-state index contributed by atoms with van der Waals surface area (Å²) < 4.78 is 33.7. The molecule has 10 heteroatoms. The van der Waals surface area contributed by atoms with Gasteiger partial charge >= 0.3 is 13.7 Å². The molecule has 0 bridgehead atoms. The average molecular weight is 420 g/mol. The van der Waals surface area contributed by atoms with Crippen LogP contribution in [0.15, 0.2) is 24.3 Å². The Bertz CT molecular complexity index is 690. The number of ether oxygens (including phenoxy) is 2. The lowest BCUT2D eigenvalue weighted by atomic mass is 10.2. The molecule has 2 N–H and O–H groups in total. The Balaban J connectivity index is 2.86. The number of methoxy groups -OCH3 is 1. The van der Waals surface area contributed by atoms with Gasteiger partial charge in [-0.25, -0.2) is 9.65 Å². The predicted molar refractivity (Wildman–Crippen MR) is 101 cm³/mol. The molecular formula is C17H23ClNO7P. The summed E-state index contributed by atoms with van der Waals surface area (Å²) in [6.07, 6.45) is 2.60. The van der Waals surface area contributed by atoms with Gasteiger partial charge in [0.15, 0.2) is 0 Å². The van der Waals surface area contributed by atoms with Gasteiger partial charge in [-0.2, -0.15) is 0 Å². The molecule has 1 aromatic rings. The van der Waals surface area contributed by atoms with Gasteiger partial charge in [-0.05, 0) is 38.1 Å². The summed E-state index contributed by atoms with van der Waals surface area (Å²) in [6.45, 7) is 2.60. The molecule has 0 aliphatic rings. The Morgan fingerprint density at radius 3 is 2.52 bits per heavy atom. The van der Waals surface area contributed by atoms with E-state index >= 15 is 0 Å². The molecule has 1 unspecified atom stereocenters. The summed E-state index contributed by atoms with van der Waals surface area (Å²) in [4.78, 5) is 11.7. The van der Waals surface area contributed by atoms with Gasteiger partial charge < -0.3 is 19.1 Å². The highest BCUT2D eigenvalue weighted by molar-refractivity contribution is 7.52. The lowest BCUT2D eigenvalue weighted by Gasteiger charge is -2.23. The third-order valence-electron chi connectivity index (χ3n) is 3.06. The summed E-state index contributed by atoms with van der Waals surface area (Å²) in [5.74, 6) is 1.65. The molecule has 0 saturated carbocycles. The van der Waals surface area contributed by atoms with Crippen LogP contribution in [0, 0.1) is 12.3 Å². The standard InChI is InChI=1S/C17H23ClNO7P/c1-5-15(20)16(23-4)11-24-27(22,19-10-17(21)25-12(2)3)26-14-8-6-13(18)7-9-14/h1,6-9,12,15-16,20H,10-11H2,2-4H3,(H,19,22)/t15-,16+,27?/m0/s1. The zero-order valence-corrected chi connectivity index (χ0v) is 16.9. The maximum atomic E-state index is 13.0. The van der Waals surface area contributed by atoms with Gasteiger partial charge in [0, 0.05) is 12.1 Å². The molecule has 1 rings (SSSR count). The van der Waals surface area contributed by atoms with Crippen molar-refractivity contribution in [2.24, 2.45) is 0 Å². The number of hydrogen-bond donors (Lipinski definition) is 2. The number of carbonyl (C=O) groups excluding carboxylic acids is 1. The van der Waals surface area contributed by atoms with Crippen LogP contribution in [0.1, 0.15) is 13.8 Å². The van der Waals surface area contributed by atoms with Gasteiger partial charge in [-0.3, -0.25) is 9.32 Å². The van der Waals surface area contributed by atoms with E-state index in [1.54, 1.807) is 13.8 Å². The minimum absolute atomic E-state index is 0.193. The highest BCUT2D eigenvalue weighted by atomic mass is 35.5. The van der Waals surface area contributed by atoms with Gasteiger partial charge in [-0.1, -0.05) is 17.5 Å². The maximum Gasteiger partial charge on any atom is 0.459 e. The van der Waals surface area contributed by atoms with Crippen molar-refractivity contribution in [2.45, 2.75) is 32.2 Å². The van der Waals surface area contributed by atoms with Crippen LogP contribution in [0.3, 0.4) is 0 Å². The molecule has 3 atom stereocenters. The zero-order valence-electron chi connectivity index (χ0n) is 15.3. The van der Waals surface area contributed by atoms with Crippen molar-refractivity contribution in [1.29, 1.82) is 0 Å². The molecule has 150 valence electrons. The largest absolute Gasteiger partial charge is 0.462 e. The Hall–Kier alpha value is -1.59. The molecule has 0 aliphatic carbocycles. The quantitative estimate of drug-likeness (QED) is 0.320. The number of halogens is 1. The van der Waals surface area contributed by atoms with Crippen LogP contribution >= 0.6 is 19.3 Å². The van der Waals surface area contributed by atoms with E-state index in [1.807, 2.05) is 0 Å². The molecule has 0 aromatic heterocycles. The van der Waals surface area contributed by atoms with Crippen molar-refractivity contribution in [3.05, 3.63) is 29.3 Å². The van der Waals surface area contributed by atoms with Gasteiger partial charge in [0.05, 0.1) is 12.7 Å². The van der Waals surface area contributed by atoms with Crippen molar-refractivity contribution in [3.8, 4) is 18.1 Å². The molecule has 8 nitrogen and oxygen atoms in total. The first-order valence-electron chi connectivity index (χ1n) is 8.00. The maximum absolute atomic E-state index is 13.0. The summed E-state index contributed by atoms with van der Waals surface area (Å²) in [6, 6.07) is 6.04. The van der Waals surface area contributed by atoms with E-state index in [0.717, 1.165) is 0 Å². The Morgan fingerprint density at radius 2 is 2.00 bits per heavy atom. The third-order valence-corrected chi connectivity index (χ3v) is 4.80. The number of carbonyl (C=O) groups is 1. The minimum atomic E-state index is -4.02. The van der Waals surface area contributed by atoms with Crippen molar-refractivity contribution in [2.75, 3.05) is 20.3 Å². The van der Waals surface area contributed by atoms with E-state index in [4.69, 9.17) is 36.5 Å². The number of rotatable bonds is 11. The molecule has 0 aliphatic heterocycles. The number of esters is 1. The smallest absolute Gasteiger partial charge is 0.459 e. The fraction of sp³-hybridized carbons (Fsp3) is 0.471. The minimum Gasteiger partial charge on any atom is -0.462 e. The normalized spacial score (nSPS) is 15.4. The summed E-state index contributed by atoms with van der Waals surface area (Å²) in [5.41, 5.74) is 0. The van der Waals surface area contributed by atoms with E-state index in [0.29, 0.717) is 5.02 Å². The van der Waals surface area contributed by atoms with Crippen LogP contribution in [0.25, 0.3) is 0 Å². The van der Waals surface area contributed by atoms with Crippen molar-refractivity contribution in [3.63, 3.8) is 0 Å². The molecule has 0 amide bonds. The van der Waals surface area contributed by atoms with E-state index in [9.17, 15) is 14.5 Å². The molecule has 0 spiro atoms. The Morgan fingerprint density at radius 1 is 1.37 bits per heavy atom. The van der Waals surface area contributed by atoms with Crippen LogP contribution in [-0.4, -0.2) is 49.6 Å². The lowest BCUT2D eigenvalue weighted by Crippen LogP contribution is -2.33. The second-order valence-electron chi connectivity index (χ2n) is 5.60. The van der Waals surface area contributed by atoms with Crippen LogP contribution in [-0.2, 0) is 23.4 Å². The molecule has 0 radical (unpaired) electrons. The van der Waals surface area contributed by atoms with Crippen molar-refractivity contribution < 1.29 is 33.0 Å². The second-order valence-corrected chi connectivity index (χ2v) is 7.79. The third kappa shape index (κ3) is 8.76. The fourth-order valence-corrected chi connectivity index (χ4v) is 3.17. The van der Waals surface area contributed by atoms with E-state index in [1.165, 1.54) is 31.4 Å². The summed E-state index contributed by atoms with van der Waals surface area (Å²) >= 11 is 5.81. The fourth-order valence-electron chi connectivity index (χ4n) is 1.77. The van der Waals surface area contributed by atoms with E-state index < -0.39 is 32.5 Å². The van der Waals surface area contributed by atoms with Gasteiger partial charge in [0.2, 0.25) is 0 Å². The van der Waals surface area contributed by atoms with Crippen LogP contribution in [0.5, 0.6) is 5.75 Å². The molecule has 0 saturated heterocycles. The number of aliphatic hydroxyl groups excluding tert-OH is 1. The first-order valence-corrected chi connectivity index (χ1v) is 9.92. The second kappa shape index (κ2) is 11.3. The average Bonchev–Trinajstić information content (AvgIpc) is 2.62. The summed E-state index contributed by atoms with van der Waals surface area (Å²) in [7, 11) is -2.71. The first-order chi connectivity index (χ1) is 12.7. The highest BCUT2D eigenvalue weighted by Crippen LogP contribution is 2.44. The van der Waals surface area contributed by atoms with Crippen molar-refractivity contribution in [1.82, 2.24) is 5.09 Å². The van der Waals surface area contributed by atoms with E-state index in [-0.39, 0.29) is 18.5 Å². The predicted octanol–water partition coefficient (Wildman–Crippen LogP) is 2.39. The zero-order chi connectivity index (χ0) is 20.4. The Kier molecular flexibility index (Phi) is 9.81. The van der Waals surface area contributed by atoms with E-state index in [2.05, 4.69) is 11.0 Å². The number of aliphatic hydroxyl groups is 1. The number of hydrogen-bond acceptors (Lipinski definition) is 7. The number of nitrogens with one attached hydrogen (secondary N) is 1. The molecule has 0 heterocycles. The molecule has 27 heavy (non-hydrogen) atoms. The number of benzene rings is 1.